The van der Waals surface area contributed by atoms with Gasteiger partial charge in [-0.2, -0.15) is 0 Å². The number of fused-ring (bicyclic) bond motifs is 1. The Morgan fingerprint density at radius 3 is 2.75 bits per heavy atom. The van der Waals surface area contributed by atoms with Gasteiger partial charge in [-0.25, -0.2) is 8.42 Å². The van der Waals surface area contributed by atoms with E-state index in [9.17, 15) is 13.5 Å². The maximum atomic E-state index is 11.8. The zero-order chi connectivity index (χ0) is 11.9. The second kappa shape index (κ2) is 3.98. The predicted octanol–water partition coefficient (Wildman–Crippen LogP) is 2.35. The number of halogens is 1. The first kappa shape index (κ1) is 11.8. The van der Waals surface area contributed by atoms with Crippen LogP contribution in [0.15, 0.2) is 33.0 Å². The summed E-state index contributed by atoms with van der Waals surface area (Å²) in [5.74, 6) is 0. The van der Waals surface area contributed by atoms with Crippen LogP contribution in [-0.4, -0.2) is 19.6 Å². The van der Waals surface area contributed by atoms with Crippen LogP contribution in [0, 0.1) is 0 Å². The topological polar surface area (TPSA) is 54.4 Å². The van der Waals surface area contributed by atoms with E-state index in [1.807, 2.05) is 0 Å². The van der Waals surface area contributed by atoms with Crippen molar-refractivity contribution < 1.29 is 13.5 Å². The van der Waals surface area contributed by atoms with Crippen LogP contribution in [0.5, 0.6) is 0 Å². The van der Waals surface area contributed by atoms with E-state index in [1.165, 1.54) is 5.41 Å². The first-order chi connectivity index (χ1) is 7.40. The van der Waals surface area contributed by atoms with Crippen LogP contribution in [0.3, 0.4) is 0 Å². The second-order valence-electron chi connectivity index (χ2n) is 3.88. The average Bonchev–Trinajstić information content (AvgIpc) is 2.37. The van der Waals surface area contributed by atoms with Crippen molar-refractivity contribution >= 4 is 31.3 Å². The van der Waals surface area contributed by atoms with Crippen molar-refractivity contribution in [2.75, 3.05) is 0 Å². The van der Waals surface area contributed by atoms with Crippen molar-refractivity contribution in [2.45, 2.75) is 24.3 Å². The van der Waals surface area contributed by atoms with Crippen LogP contribution in [0.1, 0.15) is 18.9 Å². The van der Waals surface area contributed by atoms with Gasteiger partial charge >= 0.3 is 0 Å². The quantitative estimate of drug-likeness (QED) is 0.912. The van der Waals surface area contributed by atoms with Crippen molar-refractivity contribution in [3.63, 3.8) is 0 Å². The molecule has 0 amide bonds. The SMILES string of the molecule is CC(O)CC1=CS(=O)(=O)c2ccc(Br)cc21. The molecule has 16 heavy (non-hydrogen) atoms. The number of sulfone groups is 1. The first-order valence-corrected chi connectivity index (χ1v) is 7.18. The summed E-state index contributed by atoms with van der Waals surface area (Å²) in [5.41, 5.74) is 1.36. The summed E-state index contributed by atoms with van der Waals surface area (Å²) in [4.78, 5) is 0.325. The minimum atomic E-state index is -3.31. The molecule has 1 aliphatic heterocycles. The third-order valence-corrected chi connectivity index (χ3v) is 4.46. The molecule has 0 saturated carbocycles. The van der Waals surface area contributed by atoms with Crippen molar-refractivity contribution in [1.82, 2.24) is 0 Å². The second-order valence-corrected chi connectivity index (χ2v) is 6.56. The molecule has 86 valence electrons. The summed E-state index contributed by atoms with van der Waals surface area (Å²) in [6.07, 6.45) is -0.200. The average molecular weight is 303 g/mol. The monoisotopic (exact) mass is 302 g/mol. The lowest BCUT2D eigenvalue weighted by atomic mass is 10.0. The Bertz CT molecular complexity index is 559. The summed E-state index contributed by atoms with van der Waals surface area (Å²) in [6, 6.07) is 5.06. The Balaban J connectivity index is 2.57. The van der Waals surface area contributed by atoms with E-state index in [4.69, 9.17) is 0 Å². The summed E-state index contributed by atoms with van der Waals surface area (Å²) in [6.45, 7) is 1.64. The molecule has 0 bridgehead atoms. The first-order valence-electron chi connectivity index (χ1n) is 4.84. The molecule has 2 rings (SSSR count). The van der Waals surface area contributed by atoms with Gasteiger partial charge in [-0.3, -0.25) is 0 Å². The standard InChI is InChI=1S/C11H11BrO3S/c1-7(13)4-8-6-16(14,15)11-3-2-9(12)5-10(8)11/h2-3,5-7,13H,4H2,1H3. The van der Waals surface area contributed by atoms with Gasteiger partial charge in [-0.15, -0.1) is 0 Å². The molecule has 3 nitrogen and oxygen atoms in total. The lowest BCUT2D eigenvalue weighted by Gasteiger charge is -2.06. The summed E-state index contributed by atoms with van der Waals surface area (Å²) >= 11 is 3.31. The molecule has 1 heterocycles. The van der Waals surface area contributed by atoms with E-state index in [2.05, 4.69) is 15.9 Å². The summed E-state index contributed by atoms with van der Waals surface area (Å²) in [5, 5.41) is 10.6. The normalized spacial score (nSPS) is 19.1. The minimum absolute atomic E-state index is 0.325. The molecule has 0 aliphatic carbocycles. The minimum Gasteiger partial charge on any atom is -0.393 e. The molecule has 1 N–H and O–H groups in total. The van der Waals surface area contributed by atoms with Crippen LogP contribution in [0.25, 0.3) is 5.57 Å². The van der Waals surface area contributed by atoms with Gasteiger partial charge in [0.2, 0.25) is 9.84 Å². The largest absolute Gasteiger partial charge is 0.393 e. The molecule has 0 aromatic heterocycles. The van der Waals surface area contributed by atoms with Crippen molar-refractivity contribution in [3.05, 3.63) is 33.6 Å². The van der Waals surface area contributed by atoms with E-state index in [0.717, 1.165) is 4.47 Å². The van der Waals surface area contributed by atoms with Crippen LogP contribution in [0.4, 0.5) is 0 Å². The van der Waals surface area contributed by atoms with Gasteiger partial charge < -0.3 is 5.11 Å². The highest BCUT2D eigenvalue weighted by atomic mass is 79.9. The number of rotatable bonds is 2. The molecular formula is C11H11BrO3S. The Morgan fingerprint density at radius 2 is 2.12 bits per heavy atom. The molecule has 1 aliphatic rings. The van der Waals surface area contributed by atoms with Crippen LogP contribution < -0.4 is 0 Å². The maximum Gasteiger partial charge on any atom is 0.200 e. The Kier molecular flexibility index (Phi) is 2.94. The number of hydrogen-bond donors (Lipinski definition) is 1. The zero-order valence-corrected chi connectivity index (χ0v) is 11.0. The lowest BCUT2D eigenvalue weighted by molar-refractivity contribution is 0.201. The van der Waals surface area contributed by atoms with E-state index in [0.29, 0.717) is 22.5 Å². The summed E-state index contributed by atoms with van der Waals surface area (Å²) in [7, 11) is -3.31. The fraction of sp³-hybridized carbons (Fsp3) is 0.273. The molecule has 0 radical (unpaired) electrons. The van der Waals surface area contributed by atoms with Gasteiger partial charge in [0.1, 0.15) is 0 Å². The van der Waals surface area contributed by atoms with Crippen molar-refractivity contribution in [2.24, 2.45) is 0 Å². The highest BCUT2D eigenvalue weighted by Crippen LogP contribution is 2.37. The Labute approximate surface area is 103 Å². The zero-order valence-electron chi connectivity index (χ0n) is 8.64. The number of aliphatic hydroxyl groups is 1. The third-order valence-electron chi connectivity index (χ3n) is 2.41. The van der Waals surface area contributed by atoms with Crippen LogP contribution in [0.2, 0.25) is 0 Å². The molecule has 1 aromatic rings. The van der Waals surface area contributed by atoms with Gasteiger partial charge in [-0.1, -0.05) is 15.9 Å². The smallest absolute Gasteiger partial charge is 0.200 e. The van der Waals surface area contributed by atoms with Gasteiger partial charge in [0.05, 0.1) is 11.0 Å². The maximum absolute atomic E-state index is 11.8. The van der Waals surface area contributed by atoms with E-state index in [-0.39, 0.29) is 0 Å². The fourth-order valence-corrected chi connectivity index (χ4v) is 3.63. The molecule has 1 atom stereocenters. The number of hydrogen-bond acceptors (Lipinski definition) is 3. The number of benzene rings is 1. The van der Waals surface area contributed by atoms with Gasteiger partial charge in [0.15, 0.2) is 0 Å². The highest BCUT2D eigenvalue weighted by molar-refractivity contribution is 9.10. The Hall–Kier alpha value is -0.650. The van der Waals surface area contributed by atoms with Crippen molar-refractivity contribution in [1.29, 1.82) is 0 Å². The van der Waals surface area contributed by atoms with Gasteiger partial charge in [0.25, 0.3) is 0 Å². The molecular weight excluding hydrogens is 292 g/mol. The lowest BCUT2D eigenvalue weighted by Crippen LogP contribution is -1.99. The highest BCUT2D eigenvalue weighted by Gasteiger charge is 2.27. The summed E-state index contributed by atoms with van der Waals surface area (Å²) < 4.78 is 24.4. The van der Waals surface area contributed by atoms with E-state index >= 15 is 0 Å². The van der Waals surface area contributed by atoms with Crippen molar-refractivity contribution in [3.8, 4) is 0 Å². The van der Waals surface area contributed by atoms with E-state index in [1.54, 1.807) is 25.1 Å². The molecule has 5 heteroatoms. The predicted molar refractivity (Wildman–Crippen MR) is 65.6 cm³/mol. The van der Waals surface area contributed by atoms with Gasteiger partial charge in [-0.05, 0) is 42.7 Å². The van der Waals surface area contributed by atoms with Gasteiger partial charge in [0, 0.05) is 9.88 Å². The molecule has 0 spiro atoms. The fourth-order valence-electron chi connectivity index (χ4n) is 1.79. The molecule has 1 aromatic carbocycles. The number of aliphatic hydroxyl groups excluding tert-OH is 1. The molecule has 0 saturated heterocycles. The molecule has 0 fully saturated rings. The Morgan fingerprint density at radius 1 is 1.44 bits per heavy atom. The third kappa shape index (κ3) is 2.07. The van der Waals surface area contributed by atoms with Crippen LogP contribution in [-0.2, 0) is 9.84 Å². The molecule has 1 unspecified atom stereocenters. The van der Waals surface area contributed by atoms with Crippen LogP contribution >= 0.6 is 15.9 Å². The van der Waals surface area contributed by atoms with E-state index < -0.39 is 15.9 Å².